The topological polar surface area (TPSA) is 78.9 Å². The average molecular weight is 221 g/mol. The minimum Gasteiger partial charge on any atom is -0.330 e. The number of amides is 1. The van der Waals surface area contributed by atoms with Crippen LogP contribution < -0.4 is 11.1 Å². The standard InChI is InChI=1S/C11H12FN3O/c1-7(5-13)11(16)15-9-2-3-10(12)8(4-9)6-14/h2-4,7H,5,13H2,1H3,(H,15,16). The Morgan fingerprint density at radius 2 is 2.38 bits per heavy atom. The number of hydrogen-bond donors (Lipinski definition) is 2. The molecule has 0 spiro atoms. The molecule has 84 valence electrons. The molecular formula is C11H12FN3O. The van der Waals surface area contributed by atoms with Crippen LogP contribution in [0.15, 0.2) is 18.2 Å². The zero-order valence-electron chi connectivity index (χ0n) is 8.83. The number of carbonyl (C=O) groups is 1. The number of benzene rings is 1. The largest absolute Gasteiger partial charge is 0.330 e. The first kappa shape index (κ1) is 12.1. The predicted octanol–water partition coefficient (Wildman–Crippen LogP) is 1.23. The molecule has 0 heterocycles. The Balaban J connectivity index is 2.83. The Morgan fingerprint density at radius 1 is 1.69 bits per heavy atom. The maximum atomic E-state index is 13.0. The van der Waals surface area contributed by atoms with Crippen molar-refractivity contribution in [3.8, 4) is 6.07 Å². The van der Waals surface area contributed by atoms with Gasteiger partial charge < -0.3 is 11.1 Å². The van der Waals surface area contributed by atoms with Crippen LogP contribution in [0.4, 0.5) is 10.1 Å². The van der Waals surface area contributed by atoms with E-state index in [4.69, 9.17) is 11.0 Å². The lowest BCUT2D eigenvalue weighted by atomic mass is 10.1. The van der Waals surface area contributed by atoms with Crippen LogP contribution in [-0.4, -0.2) is 12.5 Å². The number of nitrogens with zero attached hydrogens (tertiary/aromatic N) is 1. The average Bonchev–Trinajstić information content (AvgIpc) is 2.30. The molecule has 0 radical (unpaired) electrons. The lowest BCUT2D eigenvalue weighted by molar-refractivity contribution is -0.119. The zero-order chi connectivity index (χ0) is 12.1. The van der Waals surface area contributed by atoms with Crippen LogP contribution in [0.25, 0.3) is 0 Å². The lowest BCUT2D eigenvalue weighted by Gasteiger charge is -2.09. The molecule has 1 atom stereocenters. The number of nitriles is 1. The number of rotatable bonds is 3. The summed E-state index contributed by atoms with van der Waals surface area (Å²) >= 11 is 0. The maximum absolute atomic E-state index is 13.0. The van der Waals surface area contributed by atoms with Crippen molar-refractivity contribution in [1.29, 1.82) is 5.26 Å². The van der Waals surface area contributed by atoms with Crippen molar-refractivity contribution >= 4 is 11.6 Å². The normalized spacial score (nSPS) is 11.6. The summed E-state index contributed by atoms with van der Waals surface area (Å²) in [6, 6.07) is 5.53. The van der Waals surface area contributed by atoms with Crippen LogP contribution in [0, 0.1) is 23.1 Å². The van der Waals surface area contributed by atoms with Gasteiger partial charge in [0.2, 0.25) is 5.91 Å². The molecule has 0 bridgehead atoms. The van der Waals surface area contributed by atoms with E-state index in [9.17, 15) is 9.18 Å². The van der Waals surface area contributed by atoms with Gasteiger partial charge in [-0.3, -0.25) is 4.79 Å². The van der Waals surface area contributed by atoms with Gasteiger partial charge in [0.15, 0.2) is 0 Å². The van der Waals surface area contributed by atoms with E-state index in [-0.39, 0.29) is 23.9 Å². The van der Waals surface area contributed by atoms with Crippen molar-refractivity contribution in [3.05, 3.63) is 29.6 Å². The minimum absolute atomic E-state index is 0.0989. The van der Waals surface area contributed by atoms with Crippen molar-refractivity contribution in [2.24, 2.45) is 11.7 Å². The molecule has 4 nitrogen and oxygen atoms in total. The van der Waals surface area contributed by atoms with Gasteiger partial charge in [-0.1, -0.05) is 6.92 Å². The molecule has 1 rings (SSSR count). The Kier molecular flexibility index (Phi) is 3.97. The third-order valence-corrected chi connectivity index (χ3v) is 2.16. The van der Waals surface area contributed by atoms with E-state index in [1.165, 1.54) is 12.1 Å². The third-order valence-electron chi connectivity index (χ3n) is 2.16. The highest BCUT2D eigenvalue weighted by Gasteiger charge is 2.11. The summed E-state index contributed by atoms with van der Waals surface area (Å²) < 4.78 is 13.0. The molecule has 3 N–H and O–H groups in total. The fourth-order valence-electron chi connectivity index (χ4n) is 1.06. The highest BCUT2D eigenvalue weighted by molar-refractivity contribution is 5.92. The summed E-state index contributed by atoms with van der Waals surface area (Å²) in [6.45, 7) is 1.92. The molecule has 1 aromatic carbocycles. The minimum atomic E-state index is -0.604. The van der Waals surface area contributed by atoms with Gasteiger partial charge in [-0.2, -0.15) is 5.26 Å². The third kappa shape index (κ3) is 2.78. The molecule has 0 fully saturated rings. The van der Waals surface area contributed by atoms with Gasteiger partial charge in [0.1, 0.15) is 11.9 Å². The zero-order valence-corrected chi connectivity index (χ0v) is 8.83. The summed E-state index contributed by atoms with van der Waals surface area (Å²) in [5.74, 6) is -1.18. The molecule has 0 saturated heterocycles. The molecule has 0 aliphatic heterocycles. The summed E-state index contributed by atoms with van der Waals surface area (Å²) in [6.07, 6.45) is 0. The molecule has 0 aliphatic rings. The van der Waals surface area contributed by atoms with Gasteiger partial charge >= 0.3 is 0 Å². The van der Waals surface area contributed by atoms with Gasteiger partial charge in [0.25, 0.3) is 0 Å². The van der Waals surface area contributed by atoms with E-state index in [0.29, 0.717) is 5.69 Å². The van der Waals surface area contributed by atoms with Crippen LogP contribution in [0.2, 0.25) is 0 Å². The Bertz CT molecular complexity index is 439. The molecule has 0 aromatic heterocycles. The Morgan fingerprint density at radius 3 is 2.94 bits per heavy atom. The van der Waals surface area contributed by atoms with Crippen LogP contribution in [0.5, 0.6) is 0 Å². The van der Waals surface area contributed by atoms with Gasteiger partial charge in [-0.15, -0.1) is 0 Å². The number of halogens is 1. The monoisotopic (exact) mass is 221 g/mol. The van der Waals surface area contributed by atoms with Gasteiger partial charge in [-0.05, 0) is 18.2 Å². The molecule has 0 saturated carbocycles. The molecule has 1 aromatic rings. The van der Waals surface area contributed by atoms with Crippen molar-refractivity contribution in [1.82, 2.24) is 0 Å². The number of anilines is 1. The fourth-order valence-corrected chi connectivity index (χ4v) is 1.06. The smallest absolute Gasteiger partial charge is 0.228 e. The van der Waals surface area contributed by atoms with Crippen molar-refractivity contribution in [2.45, 2.75) is 6.92 Å². The van der Waals surface area contributed by atoms with E-state index < -0.39 is 5.82 Å². The Hall–Kier alpha value is -1.93. The SMILES string of the molecule is CC(CN)C(=O)Nc1ccc(F)c(C#N)c1. The highest BCUT2D eigenvalue weighted by Crippen LogP contribution is 2.14. The van der Waals surface area contributed by atoms with E-state index in [1.807, 2.05) is 0 Å². The summed E-state index contributed by atoms with van der Waals surface area (Å²) in [5.41, 5.74) is 5.63. The van der Waals surface area contributed by atoms with Gasteiger partial charge in [0, 0.05) is 18.2 Å². The molecule has 1 amide bonds. The molecule has 0 aliphatic carbocycles. The number of carbonyl (C=O) groups excluding carboxylic acids is 1. The molecular weight excluding hydrogens is 209 g/mol. The molecule has 5 heteroatoms. The Labute approximate surface area is 92.9 Å². The quantitative estimate of drug-likeness (QED) is 0.805. The second kappa shape index (κ2) is 5.24. The predicted molar refractivity (Wildman–Crippen MR) is 58.0 cm³/mol. The van der Waals surface area contributed by atoms with Gasteiger partial charge in [-0.25, -0.2) is 4.39 Å². The van der Waals surface area contributed by atoms with Gasteiger partial charge in [0.05, 0.1) is 5.56 Å². The van der Waals surface area contributed by atoms with Crippen LogP contribution in [-0.2, 0) is 4.79 Å². The van der Waals surface area contributed by atoms with Crippen LogP contribution >= 0.6 is 0 Å². The van der Waals surface area contributed by atoms with Crippen LogP contribution in [0.3, 0.4) is 0 Å². The van der Waals surface area contributed by atoms with Crippen molar-refractivity contribution in [2.75, 3.05) is 11.9 Å². The highest BCUT2D eigenvalue weighted by atomic mass is 19.1. The maximum Gasteiger partial charge on any atom is 0.228 e. The van der Waals surface area contributed by atoms with Crippen molar-refractivity contribution < 1.29 is 9.18 Å². The lowest BCUT2D eigenvalue weighted by Crippen LogP contribution is -2.26. The molecule has 16 heavy (non-hydrogen) atoms. The number of nitrogens with two attached hydrogens (primary N) is 1. The number of nitrogens with one attached hydrogen (secondary N) is 1. The second-order valence-electron chi connectivity index (χ2n) is 3.43. The summed E-state index contributed by atoms with van der Waals surface area (Å²) in [5, 5.41) is 11.2. The van der Waals surface area contributed by atoms with Crippen molar-refractivity contribution in [3.63, 3.8) is 0 Å². The van der Waals surface area contributed by atoms with E-state index in [1.54, 1.807) is 13.0 Å². The first-order valence-electron chi connectivity index (χ1n) is 4.79. The number of hydrogen-bond acceptors (Lipinski definition) is 3. The van der Waals surface area contributed by atoms with E-state index >= 15 is 0 Å². The first-order chi connectivity index (χ1) is 7.58. The van der Waals surface area contributed by atoms with E-state index in [2.05, 4.69) is 5.32 Å². The van der Waals surface area contributed by atoms with E-state index in [0.717, 1.165) is 6.07 Å². The van der Waals surface area contributed by atoms with Crippen LogP contribution in [0.1, 0.15) is 12.5 Å². The fraction of sp³-hybridized carbons (Fsp3) is 0.273. The molecule has 1 unspecified atom stereocenters. The second-order valence-corrected chi connectivity index (χ2v) is 3.43. The first-order valence-corrected chi connectivity index (χ1v) is 4.79. The summed E-state index contributed by atoms with van der Waals surface area (Å²) in [4.78, 5) is 11.5. The summed E-state index contributed by atoms with van der Waals surface area (Å²) in [7, 11) is 0.